The normalized spacial score (nSPS) is 10.3. The summed E-state index contributed by atoms with van der Waals surface area (Å²) in [5, 5.41) is 6.19. The molecule has 2 N–H and O–H groups in total. The number of halogens is 1. The van der Waals surface area contributed by atoms with E-state index in [9.17, 15) is 4.79 Å². The van der Waals surface area contributed by atoms with Crippen LogP contribution in [-0.2, 0) is 0 Å². The fraction of sp³-hybridized carbons (Fsp3) is 0.235. The number of hydrogen-bond acceptors (Lipinski definition) is 2. The summed E-state index contributed by atoms with van der Waals surface area (Å²) >= 11 is 3.45. The average molecular weight is 347 g/mol. The van der Waals surface area contributed by atoms with Crippen molar-refractivity contribution in [3.63, 3.8) is 0 Å². The first kappa shape index (κ1) is 15.6. The minimum atomic E-state index is -0.0946. The maximum absolute atomic E-state index is 12.3. The highest BCUT2D eigenvalue weighted by molar-refractivity contribution is 9.10. The minimum absolute atomic E-state index is 0.0946. The van der Waals surface area contributed by atoms with E-state index < -0.39 is 0 Å². The van der Waals surface area contributed by atoms with Crippen LogP contribution in [0.25, 0.3) is 0 Å². The smallest absolute Gasteiger partial charge is 0.255 e. The Kier molecular flexibility index (Phi) is 5.02. The van der Waals surface area contributed by atoms with E-state index in [0.717, 1.165) is 33.5 Å². The number of aryl methyl sites for hydroxylation is 2. The quantitative estimate of drug-likeness (QED) is 0.838. The van der Waals surface area contributed by atoms with Crippen molar-refractivity contribution in [3.05, 3.63) is 57.6 Å². The molecule has 0 heterocycles. The molecule has 0 radical (unpaired) electrons. The summed E-state index contributed by atoms with van der Waals surface area (Å²) in [6.45, 7) is 6.91. The van der Waals surface area contributed by atoms with Crippen LogP contribution in [0.4, 0.5) is 11.4 Å². The van der Waals surface area contributed by atoms with Crippen LogP contribution in [0.3, 0.4) is 0 Å². The molecule has 0 bridgehead atoms. The minimum Gasteiger partial charge on any atom is -0.385 e. The summed E-state index contributed by atoms with van der Waals surface area (Å²) in [7, 11) is 0. The summed E-state index contributed by atoms with van der Waals surface area (Å²) < 4.78 is 1.03. The molecule has 110 valence electrons. The van der Waals surface area contributed by atoms with E-state index in [1.165, 1.54) is 0 Å². The first-order chi connectivity index (χ1) is 10.0. The van der Waals surface area contributed by atoms with E-state index in [1.54, 1.807) is 0 Å². The van der Waals surface area contributed by atoms with E-state index in [2.05, 4.69) is 33.5 Å². The monoisotopic (exact) mass is 346 g/mol. The molecule has 4 heteroatoms. The molecule has 0 atom stereocenters. The number of rotatable bonds is 4. The van der Waals surface area contributed by atoms with Crippen molar-refractivity contribution in [2.24, 2.45) is 0 Å². The summed E-state index contributed by atoms with van der Waals surface area (Å²) in [5.41, 5.74) is 4.68. The fourth-order valence-electron chi connectivity index (χ4n) is 2.12. The Morgan fingerprint density at radius 1 is 1.10 bits per heavy atom. The molecule has 2 aromatic carbocycles. The van der Waals surface area contributed by atoms with Crippen LogP contribution in [0.2, 0.25) is 0 Å². The van der Waals surface area contributed by atoms with Gasteiger partial charge in [0.05, 0.1) is 0 Å². The number of nitrogens with one attached hydrogen (secondary N) is 2. The maximum atomic E-state index is 12.3. The highest BCUT2D eigenvalue weighted by atomic mass is 79.9. The Bertz CT molecular complexity index is 668. The Morgan fingerprint density at radius 3 is 2.48 bits per heavy atom. The third-order valence-corrected chi connectivity index (χ3v) is 4.16. The Balaban J connectivity index is 2.16. The van der Waals surface area contributed by atoms with Crippen molar-refractivity contribution in [2.75, 3.05) is 17.2 Å². The zero-order chi connectivity index (χ0) is 15.4. The van der Waals surface area contributed by atoms with Gasteiger partial charge in [-0.15, -0.1) is 0 Å². The summed E-state index contributed by atoms with van der Waals surface area (Å²) in [5.74, 6) is -0.0946. The standard InChI is InChI=1S/C17H19BrN2O/c1-4-19-16-8-5-13(9-12(16)3)17(21)20-14-6-7-15(18)11(2)10-14/h5-10,19H,4H2,1-3H3,(H,20,21). The molecule has 0 aliphatic carbocycles. The molecule has 0 saturated carbocycles. The van der Waals surface area contributed by atoms with Gasteiger partial charge in [-0.2, -0.15) is 0 Å². The van der Waals surface area contributed by atoms with Gasteiger partial charge in [-0.05, 0) is 68.3 Å². The van der Waals surface area contributed by atoms with Crippen molar-refractivity contribution < 1.29 is 4.79 Å². The van der Waals surface area contributed by atoms with Crippen molar-refractivity contribution in [2.45, 2.75) is 20.8 Å². The number of amides is 1. The van der Waals surface area contributed by atoms with Gasteiger partial charge in [0.1, 0.15) is 0 Å². The third kappa shape index (κ3) is 3.85. The largest absolute Gasteiger partial charge is 0.385 e. The molecule has 3 nitrogen and oxygen atoms in total. The number of benzene rings is 2. The van der Waals surface area contributed by atoms with Gasteiger partial charge in [0.15, 0.2) is 0 Å². The molecule has 2 aromatic rings. The van der Waals surface area contributed by atoms with Crippen molar-refractivity contribution in [1.29, 1.82) is 0 Å². The lowest BCUT2D eigenvalue weighted by molar-refractivity contribution is 0.102. The number of carbonyl (C=O) groups excluding carboxylic acids is 1. The second-order valence-corrected chi connectivity index (χ2v) is 5.83. The van der Waals surface area contributed by atoms with Gasteiger partial charge in [0.25, 0.3) is 5.91 Å². The summed E-state index contributed by atoms with van der Waals surface area (Å²) in [6.07, 6.45) is 0. The lowest BCUT2D eigenvalue weighted by Crippen LogP contribution is -2.12. The second kappa shape index (κ2) is 6.76. The van der Waals surface area contributed by atoms with Crippen LogP contribution < -0.4 is 10.6 Å². The summed E-state index contributed by atoms with van der Waals surface area (Å²) in [6, 6.07) is 11.5. The maximum Gasteiger partial charge on any atom is 0.255 e. The summed E-state index contributed by atoms with van der Waals surface area (Å²) in [4.78, 5) is 12.3. The molecule has 0 fully saturated rings. The Hall–Kier alpha value is -1.81. The highest BCUT2D eigenvalue weighted by Crippen LogP contribution is 2.21. The molecule has 0 spiro atoms. The zero-order valence-corrected chi connectivity index (χ0v) is 14.0. The van der Waals surface area contributed by atoms with Gasteiger partial charge >= 0.3 is 0 Å². The van der Waals surface area contributed by atoms with Crippen LogP contribution in [0, 0.1) is 13.8 Å². The van der Waals surface area contributed by atoms with Crippen molar-refractivity contribution in [1.82, 2.24) is 0 Å². The van der Waals surface area contributed by atoms with Crippen LogP contribution in [0.15, 0.2) is 40.9 Å². The molecule has 21 heavy (non-hydrogen) atoms. The molecule has 0 aromatic heterocycles. The van der Waals surface area contributed by atoms with Gasteiger partial charge in [0, 0.05) is 28.0 Å². The van der Waals surface area contributed by atoms with E-state index in [0.29, 0.717) is 5.56 Å². The molecule has 0 aliphatic heterocycles. The lowest BCUT2D eigenvalue weighted by Gasteiger charge is -2.11. The lowest BCUT2D eigenvalue weighted by atomic mass is 10.1. The molecule has 1 amide bonds. The molecular weight excluding hydrogens is 328 g/mol. The number of carbonyl (C=O) groups is 1. The van der Waals surface area contributed by atoms with Crippen LogP contribution in [0.5, 0.6) is 0 Å². The molecular formula is C17H19BrN2O. The molecule has 2 rings (SSSR count). The predicted octanol–water partition coefficient (Wildman–Crippen LogP) is 4.75. The van der Waals surface area contributed by atoms with E-state index in [-0.39, 0.29) is 5.91 Å². The molecule has 0 aliphatic rings. The second-order valence-electron chi connectivity index (χ2n) is 4.98. The Morgan fingerprint density at radius 2 is 1.86 bits per heavy atom. The van der Waals surface area contributed by atoms with Gasteiger partial charge in [-0.3, -0.25) is 4.79 Å². The van der Waals surface area contributed by atoms with Crippen molar-refractivity contribution in [3.8, 4) is 0 Å². The fourth-order valence-corrected chi connectivity index (χ4v) is 2.37. The van der Waals surface area contributed by atoms with E-state index >= 15 is 0 Å². The SMILES string of the molecule is CCNc1ccc(C(=O)Nc2ccc(Br)c(C)c2)cc1C. The topological polar surface area (TPSA) is 41.1 Å². The highest BCUT2D eigenvalue weighted by Gasteiger charge is 2.08. The van der Waals surface area contributed by atoms with Crippen LogP contribution in [0.1, 0.15) is 28.4 Å². The average Bonchev–Trinajstić information content (AvgIpc) is 2.45. The van der Waals surface area contributed by atoms with E-state index in [4.69, 9.17) is 0 Å². The van der Waals surface area contributed by atoms with Gasteiger partial charge < -0.3 is 10.6 Å². The van der Waals surface area contributed by atoms with Gasteiger partial charge in [0.2, 0.25) is 0 Å². The van der Waals surface area contributed by atoms with Crippen LogP contribution in [-0.4, -0.2) is 12.5 Å². The number of anilines is 2. The van der Waals surface area contributed by atoms with Crippen LogP contribution >= 0.6 is 15.9 Å². The first-order valence-electron chi connectivity index (χ1n) is 6.93. The third-order valence-electron chi connectivity index (χ3n) is 3.27. The molecule has 0 unspecified atom stereocenters. The molecule has 0 saturated heterocycles. The van der Waals surface area contributed by atoms with Crippen molar-refractivity contribution >= 4 is 33.2 Å². The predicted molar refractivity (Wildman–Crippen MR) is 92.2 cm³/mol. The van der Waals surface area contributed by atoms with Gasteiger partial charge in [-0.1, -0.05) is 15.9 Å². The van der Waals surface area contributed by atoms with Gasteiger partial charge in [-0.25, -0.2) is 0 Å². The van der Waals surface area contributed by atoms with E-state index in [1.807, 2.05) is 50.2 Å². The first-order valence-corrected chi connectivity index (χ1v) is 7.72. The zero-order valence-electron chi connectivity index (χ0n) is 12.5. The Labute approximate surface area is 133 Å². The number of hydrogen-bond donors (Lipinski definition) is 2.